The van der Waals surface area contributed by atoms with Crippen LogP contribution in [0.15, 0.2) is 17.9 Å². The Hall–Kier alpha value is 0.490. The van der Waals surface area contributed by atoms with Crippen molar-refractivity contribution in [2.75, 3.05) is 0 Å². The van der Waals surface area contributed by atoms with Crippen molar-refractivity contribution in [3.8, 4) is 0 Å². The van der Waals surface area contributed by atoms with Crippen LogP contribution >= 0.6 is 80.0 Å². The highest BCUT2D eigenvalue weighted by molar-refractivity contribution is 9.14. The lowest BCUT2D eigenvalue weighted by atomic mass is 10.2. The number of nitro groups is 1. The fourth-order valence-corrected chi connectivity index (χ4v) is 4.15. The van der Waals surface area contributed by atoms with E-state index in [-0.39, 0.29) is 20.2 Å². The van der Waals surface area contributed by atoms with Crippen molar-refractivity contribution in [3.05, 3.63) is 33.6 Å². The molecule has 5 nitrogen and oxygen atoms in total. The van der Waals surface area contributed by atoms with E-state index in [4.69, 9.17) is 0 Å². The normalized spacial score (nSPS) is 10.2. The fraction of sp³-hybridized carbons (Fsp3) is 0. The van der Waals surface area contributed by atoms with Gasteiger partial charge in [0.2, 0.25) is 0 Å². The Labute approximate surface area is 137 Å². The lowest BCUT2D eigenvalue weighted by molar-refractivity contribution is -0.386. The lowest BCUT2D eigenvalue weighted by Crippen LogP contribution is -2.05. The third-order valence-corrected chi connectivity index (χ3v) is 6.19. The van der Waals surface area contributed by atoms with E-state index in [0.29, 0.717) is 8.95 Å². The molecule has 0 atom stereocenters. The summed E-state index contributed by atoms with van der Waals surface area (Å²) in [6.07, 6.45) is 0. The minimum absolute atomic E-state index is 0.00338. The number of nitro benzene ring substituents is 1. The highest BCUT2D eigenvalue weighted by Gasteiger charge is 2.30. The SMILES string of the molecule is O=C(OBr)c1c(Br)c(Br)c(Br)c([N+](=O)[O-])c1Br. The van der Waals surface area contributed by atoms with Gasteiger partial charge in [0.1, 0.15) is 8.95 Å². The zero-order valence-electron chi connectivity index (χ0n) is 7.47. The second-order valence-corrected chi connectivity index (χ2v) is 6.10. The molecular formula is C7Br5NO4. The number of carbonyl (C=O) groups excluding carboxylic acids is 1. The Morgan fingerprint density at radius 3 is 2.00 bits per heavy atom. The first kappa shape index (κ1) is 15.5. The van der Waals surface area contributed by atoms with Crippen molar-refractivity contribution in [1.82, 2.24) is 0 Å². The van der Waals surface area contributed by atoms with E-state index in [9.17, 15) is 14.9 Å². The minimum Gasteiger partial charge on any atom is -0.380 e. The first-order chi connectivity index (χ1) is 7.82. The zero-order chi connectivity index (χ0) is 13.3. The molecule has 0 radical (unpaired) electrons. The van der Waals surface area contributed by atoms with E-state index in [1.807, 2.05) is 0 Å². The molecule has 0 saturated heterocycles. The third-order valence-electron chi connectivity index (χ3n) is 1.70. The minimum atomic E-state index is -0.764. The molecule has 0 aliphatic rings. The molecule has 0 amide bonds. The van der Waals surface area contributed by atoms with Crippen LogP contribution in [-0.4, -0.2) is 10.9 Å². The molecule has 0 heterocycles. The van der Waals surface area contributed by atoms with E-state index in [2.05, 4.69) is 83.8 Å². The number of nitrogens with zero attached hydrogens (tertiary/aromatic N) is 1. The quantitative estimate of drug-likeness (QED) is 0.218. The Morgan fingerprint density at radius 1 is 1.06 bits per heavy atom. The zero-order valence-corrected chi connectivity index (χ0v) is 15.4. The van der Waals surface area contributed by atoms with Gasteiger partial charge in [-0.25, -0.2) is 4.79 Å². The number of benzene rings is 1. The van der Waals surface area contributed by atoms with Crippen LogP contribution in [-0.2, 0) is 3.83 Å². The molecule has 10 heteroatoms. The third kappa shape index (κ3) is 2.91. The molecule has 0 unspecified atom stereocenters. The predicted octanol–water partition coefficient (Wildman–Crippen LogP) is 5.11. The molecular weight excluding hydrogens is 562 g/mol. The largest absolute Gasteiger partial charge is 0.380 e. The van der Waals surface area contributed by atoms with Crippen LogP contribution in [0.3, 0.4) is 0 Å². The summed E-state index contributed by atoms with van der Waals surface area (Å²) < 4.78 is 5.31. The van der Waals surface area contributed by atoms with Crippen LogP contribution in [0, 0.1) is 10.1 Å². The van der Waals surface area contributed by atoms with Crippen molar-refractivity contribution in [2.45, 2.75) is 0 Å². The molecule has 0 N–H and O–H groups in total. The topological polar surface area (TPSA) is 69.4 Å². The van der Waals surface area contributed by atoms with Gasteiger partial charge in [-0.1, -0.05) is 0 Å². The Kier molecular flexibility index (Phi) is 5.57. The Bertz CT molecular complexity index is 518. The van der Waals surface area contributed by atoms with Crippen LogP contribution in [0.4, 0.5) is 5.69 Å². The monoisotopic (exact) mass is 557 g/mol. The van der Waals surface area contributed by atoms with Crippen molar-refractivity contribution < 1.29 is 13.5 Å². The van der Waals surface area contributed by atoms with Gasteiger partial charge in [-0.15, -0.1) is 0 Å². The number of hydrogen-bond donors (Lipinski definition) is 0. The van der Waals surface area contributed by atoms with Gasteiger partial charge >= 0.3 is 5.97 Å². The average Bonchev–Trinajstić information content (AvgIpc) is 2.25. The van der Waals surface area contributed by atoms with E-state index in [1.54, 1.807) is 0 Å². The molecule has 0 fully saturated rings. The summed E-state index contributed by atoms with van der Waals surface area (Å²) in [4.78, 5) is 21.8. The molecule has 0 aromatic heterocycles. The lowest BCUT2D eigenvalue weighted by Gasteiger charge is -2.09. The van der Waals surface area contributed by atoms with Gasteiger partial charge in [0.25, 0.3) is 5.69 Å². The van der Waals surface area contributed by atoms with Crippen LogP contribution in [0.25, 0.3) is 0 Å². The van der Waals surface area contributed by atoms with Crippen molar-refractivity contribution >= 4 is 91.6 Å². The number of halogens is 5. The molecule has 0 aliphatic heterocycles. The maximum Gasteiger partial charge on any atom is 0.352 e. The highest BCUT2D eigenvalue weighted by Crippen LogP contribution is 2.46. The maximum absolute atomic E-state index is 11.5. The number of carbonyl (C=O) groups is 1. The van der Waals surface area contributed by atoms with Gasteiger partial charge in [0, 0.05) is 4.47 Å². The second-order valence-electron chi connectivity index (χ2n) is 2.60. The van der Waals surface area contributed by atoms with Crippen LogP contribution in [0.5, 0.6) is 0 Å². The fourth-order valence-electron chi connectivity index (χ4n) is 0.999. The van der Waals surface area contributed by atoms with Crippen LogP contribution < -0.4 is 0 Å². The number of rotatable bonds is 2. The average molecular weight is 562 g/mol. The van der Waals surface area contributed by atoms with Crippen molar-refractivity contribution in [1.29, 1.82) is 0 Å². The molecule has 0 aliphatic carbocycles. The summed E-state index contributed by atoms with van der Waals surface area (Å²) in [5.74, 6) is -0.764. The predicted molar refractivity (Wildman–Crippen MR) is 78.2 cm³/mol. The molecule has 0 saturated carbocycles. The summed E-state index contributed by atoms with van der Waals surface area (Å²) in [5, 5.41) is 10.9. The Morgan fingerprint density at radius 2 is 1.59 bits per heavy atom. The van der Waals surface area contributed by atoms with E-state index >= 15 is 0 Å². The Balaban J connectivity index is 3.74. The summed E-state index contributed by atoms with van der Waals surface area (Å²) >= 11 is 14.9. The summed E-state index contributed by atoms with van der Waals surface area (Å²) in [6.45, 7) is 0. The standard InChI is InChI=1S/C7Br5NO4/c8-2-1(7(14)17-12)3(9)6(13(15)16)5(11)4(2)10. The highest BCUT2D eigenvalue weighted by atomic mass is 79.9. The van der Waals surface area contributed by atoms with Crippen LogP contribution in [0.1, 0.15) is 10.4 Å². The van der Waals surface area contributed by atoms with Crippen LogP contribution in [0.2, 0.25) is 0 Å². The molecule has 0 bridgehead atoms. The van der Waals surface area contributed by atoms with Gasteiger partial charge < -0.3 is 3.83 Å². The summed E-state index contributed by atoms with van der Waals surface area (Å²) in [6, 6.07) is 0. The molecule has 92 valence electrons. The first-order valence-electron chi connectivity index (χ1n) is 3.66. The summed E-state index contributed by atoms with van der Waals surface area (Å²) in [5.41, 5.74) is -0.267. The van der Waals surface area contributed by atoms with E-state index in [1.165, 1.54) is 0 Å². The molecule has 0 spiro atoms. The van der Waals surface area contributed by atoms with Gasteiger partial charge in [-0.3, -0.25) is 10.1 Å². The molecule has 1 rings (SSSR count). The van der Waals surface area contributed by atoms with Gasteiger partial charge in [-0.05, 0) is 63.7 Å². The molecule has 17 heavy (non-hydrogen) atoms. The number of hydrogen-bond acceptors (Lipinski definition) is 4. The maximum atomic E-state index is 11.5. The first-order valence-corrected chi connectivity index (χ1v) is 7.48. The van der Waals surface area contributed by atoms with Crippen molar-refractivity contribution in [2.24, 2.45) is 0 Å². The van der Waals surface area contributed by atoms with E-state index < -0.39 is 10.9 Å². The van der Waals surface area contributed by atoms with Gasteiger partial charge in [0.15, 0.2) is 16.3 Å². The van der Waals surface area contributed by atoms with E-state index in [0.717, 1.165) is 0 Å². The van der Waals surface area contributed by atoms with Gasteiger partial charge in [0.05, 0.1) is 15.0 Å². The second kappa shape index (κ2) is 6.09. The smallest absolute Gasteiger partial charge is 0.352 e. The van der Waals surface area contributed by atoms with Gasteiger partial charge in [-0.2, -0.15) is 0 Å². The summed E-state index contributed by atoms with van der Waals surface area (Å²) in [7, 11) is 0. The molecule has 1 aromatic rings. The van der Waals surface area contributed by atoms with Crippen molar-refractivity contribution in [3.63, 3.8) is 0 Å². The molecule has 1 aromatic carbocycles.